The Bertz CT molecular complexity index is 414. The summed E-state index contributed by atoms with van der Waals surface area (Å²) in [7, 11) is 2.99. The third-order valence-corrected chi connectivity index (χ3v) is 1.06. The van der Waals surface area contributed by atoms with E-state index in [4.69, 9.17) is 6.63 Å². The molecule has 2 aromatic heterocycles. The van der Waals surface area contributed by atoms with Crippen molar-refractivity contribution in [3.05, 3.63) is 11.6 Å². The van der Waals surface area contributed by atoms with Crippen LogP contribution >= 0.6 is 0 Å². The average Bonchev–Trinajstić information content (AvgIpc) is 2.95. The summed E-state index contributed by atoms with van der Waals surface area (Å²) in [4.78, 5) is 1.43. The number of rotatable bonds is 0. The summed E-state index contributed by atoms with van der Waals surface area (Å²) in [6.45, 7) is 5.00. The minimum atomic E-state index is 0. The van der Waals surface area contributed by atoms with E-state index in [9.17, 15) is 0 Å². The van der Waals surface area contributed by atoms with Crippen LogP contribution in [0.15, 0.2) is 0 Å². The molecule has 0 fully saturated rings. The Balaban J connectivity index is -0.0000000300. The molecule has 0 spiro atoms. The molecule has 0 saturated carbocycles. The van der Waals surface area contributed by atoms with Gasteiger partial charge in [0.05, 0.1) is 13.1 Å². The number of hydrogen-bond donors (Lipinski definition) is 1. The van der Waals surface area contributed by atoms with Crippen LogP contribution in [0.3, 0.4) is 0 Å². The molecule has 0 saturated heterocycles. The van der Waals surface area contributed by atoms with Crippen LogP contribution in [0.25, 0.3) is 0 Å². The molecule has 0 amide bonds. The van der Waals surface area contributed by atoms with E-state index in [1.54, 1.807) is 27.0 Å². The molecular weight excluding hydrogens is 513 g/mol. The molecule has 9 nitrogen and oxygen atoms in total. The second-order valence-corrected chi connectivity index (χ2v) is 2.51. The zero-order chi connectivity index (χ0) is 14.4. The predicted octanol–water partition coefficient (Wildman–Crippen LogP) is 1.46. The Morgan fingerprint density at radius 1 is 1.09 bits per heavy atom. The largest absolute Gasteiger partial charge is 0.199 e. The molecule has 0 aromatic carbocycles. The van der Waals surface area contributed by atoms with Crippen molar-refractivity contribution in [1.82, 2.24) is 40.8 Å². The molecule has 0 atom stereocenters. The van der Waals surface area contributed by atoms with Crippen molar-refractivity contribution in [2.24, 2.45) is 7.05 Å². The summed E-state index contributed by atoms with van der Waals surface area (Å²) in [5.74, 6) is 1.39. The number of nitrogens with zero attached hydrogens (tertiary/aromatic N) is 8. The van der Waals surface area contributed by atoms with E-state index in [2.05, 4.69) is 36.0 Å². The van der Waals surface area contributed by atoms with Gasteiger partial charge in [-0.25, -0.2) is 0 Å². The molecule has 3 radical (unpaired) electrons. The van der Waals surface area contributed by atoms with E-state index >= 15 is 0 Å². The van der Waals surface area contributed by atoms with E-state index in [-0.39, 0.29) is 113 Å². The molecule has 2 rings (SSSR count). The van der Waals surface area contributed by atoms with Gasteiger partial charge in [0.2, 0.25) is 0 Å². The van der Waals surface area contributed by atoms with Gasteiger partial charge >= 0.3 is 0 Å². The first-order chi connectivity index (χ1) is 8.60. The van der Waals surface area contributed by atoms with Gasteiger partial charge in [0, 0.05) is 106 Å². The summed E-state index contributed by atoms with van der Waals surface area (Å²) >= 11 is 0. The molecule has 2 aromatic rings. The molecule has 2 heterocycles. The molecule has 0 aliphatic rings. The van der Waals surface area contributed by atoms with Crippen LogP contribution in [0.4, 0.5) is 0 Å². The van der Waals surface area contributed by atoms with Gasteiger partial charge in [-0.1, -0.05) is 27.5 Å². The van der Waals surface area contributed by atoms with Crippen LogP contribution in [-0.2, 0) is 105 Å². The number of aryl methyl sites for hydroxylation is 3. The van der Waals surface area contributed by atoms with Gasteiger partial charge in [0.1, 0.15) is 0 Å². The van der Waals surface area contributed by atoms with Crippen molar-refractivity contribution in [3.63, 3.8) is 0 Å². The van der Waals surface area contributed by atoms with Gasteiger partial charge in [0.25, 0.3) is 0 Å². The topological polar surface area (TPSA) is 122 Å². The van der Waals surface area contributed by atoms with Crippen molar-refractivity contribution in [2.75, 3.05) is 0 Å². The number of aromatic nitrogens is 8. The van der Waals surface area contributed by atoms with Gasteiger partial charge in [-0.3, -0.25) is 0 Å². The van der Waals surface area contributed by atoms with Gasteiger partial charge in [-0.05, 0) is 19.1 Å². The Kier molecular flexibility index (Phi) is 52.3. The molecular formula is C10H25N9Y3. The maximum Gasteiger partial charge on any atom is 0.171 e. The second-order valence-electron chi connectivity index (χ2n) is 2.51. The van der Waals surface area contributed by atoms with Crippen LogP contribution < -0.4 is 0 Å². The summed E-state index contributed by atoms with van der Waals surface area (Å²) in [6, 6.07) is 1.75. The van der Waals surface area contributed by atoms with E-state index in [1.807, 2.05) is 0 Å². The molecule has 0 aliphatic carbocycles. The molecule has 0 aliphatic heterocycles. The number of tetrazole rings is 2. The number of nitrogens with one attached hydrogen (secondary N) is 1. The van der Waals surface area contributed by atoms with E-state index in [0.29, 0.717) is 11.6 Å². The van der Waals surface area contributed by atoms with E-state index in [0.717, 1.165) is 0 Å². The van der Waals surface area contributed by atoms with Crippen LogP contribution in [0.2, 0.25) is 0 Å². The summed E-state index contributed by atoms with van der Waals surface area (Å²) in [5, 5.41) is 31.0. The molecule has 0 bridgehead atoms. The zero-order valence-corrected chi connectivity index (χ0v) is 20.8. The van der Waals surface area contributed by atoms with Crippen LogP contribution in [-0.4, -0.2) is 40.8 Å². The normalized spacial score (nSPS) is 6.09. The first kappa shape index (κ1) is 38.5. The van der Waals surface area contributed by atoms with Crippen LogP contribution in [0, 0.1) is 25.2 Å². The Morgan fingerprint density at radius 2 is 1.55 bits per heavy atom. The summed E-state index contributed by atoms with van der Waals surface area (Å²) in [6.07, 6.45) is 0. The maximum absolute atomic E-state index is 7.32. The number of hydrogen-bond acceptors (Lipinski definition) is 7. The van der Waals surface area contributed by atoms with Crippen molar-refractivity contribution in [2.45, 2.75) is 43.0 Å². The number of aromatic amines is 1. The van der Waals surface area contributed by atoms with Crippen molar-refractivity contribution < 1.29 is 99.5 Å². The fourth-order valence-electron chi connectivity index (χ4n) is 0.591. The SMILES string of the molecule is C.C.CC#N.Cc1nn[nH]n1.Cc1nnn(C)n1.[3H]C.[Y].[Y].[Y]. The van der Waals surface area contributed by atoms with Crippen molar-refractivity contribution in [1.29, 1.82) is 5.26 Å². The fourth-order valence-corrected chi connectivity index (χ4v) is 0.591. The summed E-state index contributed by atoms with van der Waals surface area (Å²) in [5.41, 5.74) is 0. The quantitative estimate of drug-likeness (QED) is 0.537. The standard InChI is InChI=1S/C3H6N4.C2H4N4.C2H3N.3CH4.3Y/c1-3-4-6-7(2)5-3;1-2-3-5-6-4-2;1-2-3;;;;;;/h1-2H3;1H3,(H,3,4,5,6);1H3;3*1H4;;;/i;;;1T;;;;;. The Labute approximate surface area is 210 Å². The third-order valence-electron chi connectivity index (χ3n) is 1.06. The van der Waals surface area contributed by atoms with Crippen LogP contribution in [0.5, 0.6) is 0 Å². The predicted molar refractivity (Wildman–Crippen MR) is 73.9 cm³/mol. The molecule has 1 N–H and O–H groups in total. The molecule has 22 heavy (non-hydrogen) atoms. The first-order valence-electron chi connectivity index (χ1n) is 5.31. The third kappa shape index (κ3) is 29.0. The Hall–Kier alpha value is 0.942. The van der Waals surface area contributed by atoms with Crippen molar-refractivity contribution in [3.8, 4) is 6.07 Å². The monoisotopic (exact) mass is 540 g/mol. The van der Waals surface area contributed by atoms with Crippen molar-refractivity contribution >= 4 is 0 Å². The number of H-pyrrole nitrogens is 1. The smallest absolute Gasteiger partial charge is 0.171 e. The van der Waals surface area contributed by atoms with Crippen LogP contribution in [0.1, 0.15) is 42.2 Å². The van der Waals surface area contributed by atoms with Gasteiger partial charge in [0.15, 0.2) is 11.6 Å². The Morgan fingerprint density at radius 3 is 1.64 bits per heavy atom. The number of nitriles is 1. The van der Waals surface area contributed by atoms with E-state index < -0.39 is 0 Å². The van der Waals surface area contributed by atoms with Gasteiger partial charge in [-0.2, -0.15) is 15.3 Å². The maximum atomic E-state index is 7.32. The summed E-state index contributed by atoms with van der Waals surface area (Å²) < 4.78 is 5.75. The van der Waals surface area contributed by atoms with E-state index in [1.165, 1.54) is 19.1 Å². The molecule has 119 valence electrons. The minimum absolute atomic E-state index is 0. The minimum Gasteiger partial charge on any atom is -0.199 e. The first-order valence-corrected chi connectivity index (χ1v) is 4.31. The van der Waals surface area contributed by atoms with Gasteiger partial charge < -0.3 is 0 Å². The second kappa shape index (κ2) is 29.9. The zero-order valence-electron chi connectivity index (χ0n) is 13.3. The molecule has 12 heteroatoms. The average molecular weight is 540 g/mol. The fraction of sp³-hybridized carbons (Fsp3) is 0.700. The van der Waals surface area contributed by atoms with Gasteiger partial charge in [-0.15, -0.1) is 20.4 Å². The molecule has 0 unspecified atom stereocenters.